The van der Waals surface area contributed by atoms with Crippen molar-refractivity contribution in [3.63, 3.8) is 0 Å². The molecule has 0 aromatic heterocycles. The molecule has 1 aliphatic rings. The molecule has 1 atom stereocenters. The largest absolute Gasteiger partial charge is 0.383 e. The lowest BCUT2D eigenvalue weighted by molar-refractivity contribution is 0.163. The molecule has 2 rings (SSSR count). The molecular formula is C19H32BrN5O. The maximum absolute atomic E-state index is 5.11. The molecule has 0 saturated carbocycles. The van der Waals surface area contributed by atoms with Crippen LogP contribution in [0.15, 0.2) is 33.7 Å². The van der Waals surface area contributed by atoms with Crippen molar-refractivity contribution in [1.29, 1.82) is 0 Å². The number of hydrogen-bond acceptors (Lipinski definition) is 4. The van der Waals surface area contributed by atoms with E-state index in [1.165, 1.54) is 5.69 Å². The Bertz CT molecular complexity index is 569. The first-order valence-corrected chi connectivity index (χ1v) is 10.1. The number of likely N-dealkylation sites (N-methyl/N-ethyl adjacent to an activating group) is 1. The van der Waals surface area contributed by atoms with E-state index in [9.17, 15) is 0 Å². The fraction of sp³-hybridized carbons (Fsp3) is 0.632. The number of hydrogen-bond donors (Lipinski definition) is 2. The van der Waals surface area contributed by atoms with Gasteiger partial charge in [-0.25, -0.2) is 0 Å². The Morgan fingerprint density at radius 1 is 1.38 bits per heavy atom. The molecular weight excluding hydrogens is 394 g/mol. The zero-order chi connectivity index (χ0) is 18.8. The molecule has 1 aromatic rings. The van der Waals surface area contributed by atoms with Crippen LogP contribution in [0.5, 0.6) is 0 Å². The fourth-order valence-corrected chi connectivity index (χ4v) is 3.55. The summed E-state index contributed by atoms with van der Waals surface area (Å²) < 4.78 is 6.26. The molecule has 0 aliphatic carbocycles. The number of halogens is 1. The van der Waals surface area contributed by atoms with Gasteiger partial charge in [-0.1, -0.05) is 12.1 Å². The van der Waals surface area contributed by atoms with Gasteiger partial charge in [0.05, 0.1) is 18.8 Å². The van der Waals surface area contributed by atoms with Crippen LogP contribution in [0.25, 0.3) is 0 Å². The van der Waals surface area contributed by atoms with Gasteiger partial charge in [-0.2, -0.15) is 0 Å². The lowest BCUT2D eigenvalue weighted by Gasteiger charge is -2.21. The molecule has 26 heavy (non-hydrogen) atoms. The van der Waals surface area contributed by atoms with Gasteiger partial charge in [0.25, 0.3) is 0 Å². The van der Waals surface area contributed by atoms with Crippen LogP contribution in [0.4, 0.5) is 5.69 Å². The number of anilines is 1. The Hall–Kier alpha value is -1.31. The number of nitrogens with one attached hydrogen (secondary N) is 2. The van der Waals surface area contributed by atoms with Crippen LogP contribution in [-0.2, 0) is 4.74 Å². The molecule has 1 aliphatic heterocycles. The van der Waals surface area contributed by atoms with Gasteiger partial charge in [-0.05, 0) is 48.5 Å². The smallest absolute Gasteiger partial charge is 0.191 e. The van der Waals surface area contributed by atoms with Crippen molar-refractivity contribution >= 4 is 27.6 Å². The number of rotatable bonds is 9. The first-order valence-electron chi connectivity index (χ1n) is 9.35. The first kappa shape index (κ1) is 21.0. The number of benzene rings is 1. The van der Waals surface area contributed by atoms with Crippen molar-refractivity contribution in [3.8, 4) is 0 Å². The highest BCUT2D eigenvalue weighted by Gasteiger charge is 2.24. The predicted octanol–water partition coefficient (Wildman–Crippen LogP) is 2.16. The van der Waals surface area contributed by atoms with Crippen molar-refractivity contribution < 1.29 is 4.74 Å². The summed E-state index contributed by atoms with van der Waals surface area (Å²) in [5, 5.41) is 6.95. The maximum Gasteiger partial charge on any atom is 0.191 e. The molecule has 1 heterocycles. The van der Waals surface area contributed by atoms with Crippen LogP contribution in [0, 0.1) is 0 Å². The summed E-state index contributed by atoms with van der Waals surface area (Å²) in [6.45, 7) is 8.39. The minimum absolute atomic E-state index is 0.408. The Balaban J connectivity index is 1.84. The van der Waals surface area contributed by atoms with E-state index in [-0.39, 0.29) is 0 Å². The number of methoxy groups -OCH3 is 1. The van der Waals surface area contributed by atoms with Crippen LogP contribution in [-0.4, -0.2) is 76.9 Å². The summed E-state index contributed by atoms with van der Waals surface area (Å²) in [6, 6.07) is 8.82. The van der Waals surface area contributed by atoms with Crippen LogP contribution in [0.1, 0.15) is 13.3 Å². The average Bonchev–Trinajstić information content (AvgIpc) is 3.08. The topological polar surface area (TPSA) is 52.1 Å². The highest BCUT2D eigenvalue weighted by Crippen LogP contribution is 2.28. The Morgan fingerprint density at radius 2 is 2.19 bits per heavy atom. The summed E-state index contributed by atoms with van der Waals surface area (Å²) in [6.07, 6.45) is 1.11. The van der Waals surface area contributed by atoms with Crippen LogP contribution >= 0.6 is 15.9 Å². The molecule has 2 N–H and O–H groups in total. The van der Waals surface area contributed by atoms with E-state index in [0.717, 1.165) is 62.7 Å². The van der Waals surface area contributed by atoms with Gasteiger partial charge >= 0.3 is 0 Å². The van der Waals surface area contributed by atoms with E-state index in [0.29, 0.717) is 6.04 Å². The van der Waals surface area contributed by atoms with E-state index in [2.05, 4.69) is 74.6 Å². The van der Waals surface area contributed by atoms with Gasteiger partial charge in [0.1, 0.15) is 0 Å². The van der Waals surface area contributed by atoms with E-state index in [1.54, 1.807) is 7.11 Å². The third-order valence-corrected chi connectivity index (χ3v) is 5.17. The van der Waals surface area contributed by atoms with Crippen LogP contribution in [0.2, 0.25) is 0 Å². The second kappa shape index (κ2) is 11.4. The first-order chi connectivity index (χ1) is 12.6. The van der Waals surface area contributed by atoms with E-state index in [4.69, 9.17) is 9.73 Å². The van der Waals surface area contributed by atoms with Crippen molar-refractivity contribution in [1.82, 2.24) is 15.5 Å². The molecule has 1 saturated heterocycles. The van der Waals surface area contributed by atoms with E-state index >= 15 is 0 Å². The second-order valence-corrected chi connectivity index (χ2v) is 7.44. The third-order valence-electron chi connectivity index (χ3n) is 4.50. The predicted molar refractivity (Wildman–Crippen MR) is 113 cm³/mol. The lowest BCUT2D eigenvalue weighted by atomic mass is 10.3. The zero-order valence-corrected chi connectivity index (χ0v) is 17.8. The standard InChI is InChI=1S/C19H32BrN5O/c1-4-21-19(22-10-12-24(2)13-14-26-3)23-16-9-11-25(15-16)18-8-6-5-7-17(18)20/h5-8,16H,4,9-15H2,1-3H3,(H2,21,22,23). The molecule has 1 aromatic carbocycles. The molecule has 0 bridgehead atoms. The molecule has 0 amide bonds. The monoisotopic (exact) mass is 425 g/mol. The zero-order valence-electron chi connectivity index (χ0n) is 16.2. The summed E-state index contributed by atoms with van der Waals surface area (Å²) in [5.74, 6) is 0.909. The molecule has 1 fully saturated rings. The Morgan fingerprint density at radius 3 is 2.92 bits per heavy atom. The van der Waals surface area contributed by atoms with Gasteiger partial charge < -0.3 is 25.2 Å². The van der Waals surface area contributed by atoms with E-state index in [1.807, 2.05) is 0 Å². The van der Waals surface area contributed by atoms with Crippen LogP contribution < -0.4 is 15.5 Å². The SMILES string of the molecule is CCNC(=NCCN(C)CCOC)NC1CCN(c2ccccc2Br)C1. The van der Waals surface area contributed by atoms with Crippen molar-refractivity contribution in [2.24, 2.45) is 4.99 Å². The number of guanidine groups is 1. The maximum atomic E-state index is 5.11. The Labute approximate surface area is 166 Å². The lowest BCUT2D eigenvalue weighted by Crippen LogP contribution is -2.45. The minimum Gasteiger partial charge on any atom is -0.383 e. The highest BCUT2D eigenvalue weighted by molar-refractivity contribution is 9.10. The number of ether oxygens (including phenoxy) is 1. The summed E-state index contributed by atoms with van der Waals surface area (Å²) in [4.78, 5) is 9.38. The second-order valence-electron chi connectivity index (χ2n) is 6.58. The summed E-state index contributed by atoms with van der Waals surface area (Å²) in [5.41, 5.74) is 1.26. The molecule has 6 nitrogen and oxygen atoms in total. The molecule has 146 valence electrons. The van der Waals surface area contributed by atoms with Crippen molar-refractivity contribution in [3.05, 3.63) is 28.7 Å². The van der Waals surface area contributed by atoms with Gasteiger partial charge in [-0.15, -0.1) is 0 Å². The fourth-order valence-electron chi connectivity index (χ4n) is 3.01. The van der Waals surface area contributed by atoms with Gasteiger partial charge in [0, 0.05) is 50.3 Å². The van der Waals surface area contributed by atoms with Crippen LogP contribution in [0.3, 0.4) is 0 Å². The third kappa shape index (κ3) is 6.78. The summed E-state index contributed by atoms with van der Waals surface area (Å²) >= 11 is 3.66. The van der Waals surface area contributed by atoms with Crippen molar-refractivity contribution in [2.75, 3.05) is 64.9 Å². The molecule has 1 unspecified atom stereocenters. The molecule has 0 radical (unpaired) electrons. The number of para-hydroxylation sites is 1. The normalized spacial score (nSPS) is 17.8. The van der Waals surface area contributed by atoms with E-state index < -0.39 is 0 Å². The van der Waals surface area contributed by atoms with Gasteiger partial charge in [0.2, 0.25) is 0 Å². The molecule has 0 spiro atoms. The number of nitrogens with zero attached hydrogens (tertiary/aromatic N) is 3. The molecule has 7 heteroatoms. The average molecular weight is 426 g/mol. The Kier molecular flexibility index (Phi) is 9.22. The summed E-state index contributed by atoms with van der Waals surface area (Å²) in [7, 11) is 3.83. The van der Waals surface area contributed by atoms with Gasteiger partial charge in [0.15, 0.2) is 5.96 Å². The quantitative estimate of drug-likeness (QED) is 0.468. The highest BCUT2D eigenvalue weighted by atomic mass is 79.9. The number of aliphatic imine (C=N–C) groups is 1. The van der Waals surface area contributed by atoms with Crippen molar-refractivity contribution in [2.45, 2.75) is 19.4 Å². The van der Waals surface area contributed by atoms with Gasteiger partial charge in [-0.3, -0.25) is 4.99 Å². The minimum atomic E-state index is 0.408.